The van der Waals surface area contributed by atoms with Gasteiger partial charge in [0.05, 0.1) is 0 Å². The summed E-state index contributed by atoms with van der Waals surface area (Å²) in [6.07, 6.45) is 5.56. The van der Waals surface area contributed by atoms with Gasteiger partial charge in [0.2, 0.25) is 0 Å². The Labute approximate surface area is 204 Å². The maximum Gasteiger partial charge on any atom is 0.270 e. The number of amides is 1. The van der Waals surface area contributed by atoms with Crippen LogP contribution in [0.4, 0.5) is 4.39 Å². The molecular weight excluding hydrogens is 447 g/mol. The smallest absolute Gasteiger partial charge is 0.270 e. The monoisotopic (exact) mass is 480 g/mol. The SMILES string of the molecule is CC(=O)c1cc(C(=O)NCc2ccc(F)c(C)c2)nc2ncnn12.CC1(C)[C@H]2CC[C@@H](CN)[C@@H]1C2. The van der Waals surface area contributed by atoms with Crippen molar-refractivity contribution in [2.45, 2.75) is 53.5 Å². The van der Waals surface area contributed by atoms with Crippen LogP contribution in [-0.4, -0.2) is 37.8 Å². The number of fused-ring (bicyclic) bond motifs is 3. The Morgan fingerprint density at radius 3 is 2.63 bits per heavy atom. The van der Waals surface area contributed by atoms with Gasteiger partial charge in [-0.2, -0.15) is 14.6 Å². The fraction of sp³-hybridized carbons (Fsp3) is 0.500. The van der Waals surface area contributed by atoms with E-state index >= 15 is 0 Å². The number of benzene rings is 1. The van der Waals surface area contributed by atoms with Gasteiger partial charge >= 0.3 is 0 Å². The molecule has 0 radical (unpaired) electrons. The number of rotatable bonds is 5. The number of Topliss-reactive ketones (excluding diaryl/α,β-unsaturated/α-hetero) is 1. The first-order valence-corrected chi connectivity index (χ1v) is 12.1. The van der Waals surface area contributed by atoms with Crippen molar-refractivity contribution in [2.24, 2.45) is 28.9 Å². The molecule has 3 aliphatic carbocycles. The predicted molar refractivity (Wildman–Crippen MR) is 130 cm³/mol. The highest BCUT2D eigenvalue weighted by Crippen LogP contribution is 2.60. The van der Waals surface area contributed by atoms with E-state index in [1.54, 1.807) is 19.1 Å². The molecule has 3 aliphatic rings. The van der Waals surface area contributed by atoms with Crippen LogP contribution in [0.15, 0.2) is 30.6 Å². The summed E-state index contributed by atoms with van der Waals surface area (Å²) >= 11 is 0. The third-order valence-corrected chi connectivity index (χ3v) is 7.82. The van der Waals surface area contributed by atoms with Crippen LogP contribution in [0, 0.1) is 35.9 Å². The van der Waals surface area contributed by atoms with Gasteiger partial charge in [-0.1, -0.05) is 26.0 Å². The summed E-state index contributed by atoms with van der Waals surface area (Å²) in [6, 6.07) is 5.98. The number of nitrogens with zero attached hydrogens (tertiary/aromatic N) is 4. The molecule has 3 N–H and O–H groups in total. The molecule has 0 spiro atoms. The average Bonchev–Trinajstić information content (AvgIpc) is 3.32. The number of carbonyl (C=O) groups is 2. The van der Waals surface area contributed by atoms with Gasteiger partial charge in [0.25, 0.3) is 11.7 Å². The molecule has 3 aromatic rings. The van der Waals surface area contributed by atoms with Crippen LogP contribution in [-0.2, 0) is 6.54 Å². The normalized spacial score (nSPS) is 22.1. The molecule has 8 nitrogen and oxygen atoms in total. The van der Waals surface area contributed by atoms with E-state index in [0.29, 0.717) is 11.0 Å². The van der Waals surface area contributed by atoms with Crippen LogP contribution in [0.1, 0.15) is 72.1 Å². The summed E-state index contributed by atoms with van der Waals surface area (Å²) in [5.74, 6) is 1.98. The number of ketones is 1. The number of aryl methyl sites for hydroxylation is 1. The van der Waals surface area contributed by atoms with Crippen LogP contribution in [0.3, 0.4) is 0 Å². The molecule has 0 aliphatic heterocycles. The molecule has 186 valence electrons. The zero-order valence-electron chi connectivity index (χ0n) is 20.7. The first kappa shape index (κ1) is 24.9. The maximum atomic E-state index is 13.3. The number of hydrogen-bond acceptors (Lipinski definition) is 6. The topological polar surface area (TPSA) is 115 Å². The molecule has 0 saturated heterocycles. The Hall–Kier alpha value is -3.20. The molecule has 0 unspecified atom stereocenters. The first-order valence-electron chi connectivity index (χ1n) is 12.1. The summed E-state index contributed by atoms with van der Waals surface area (Å²) in [5.41, 5.74) is 7.92. The number of nitrogens with one attached hydrogen (secondary N) is 1. The molecular formula is C26H33FN6O2. The zero-order chi connectivity index (χ0) is 25.3. The molecule has 9 heteroatoms. The highest BCUT2D eigenvalue weighted by Gasteiger charge is 2.53. The summed E-state index contributed by atoms with van der Waals surface area (Å²) in [5, 5.41) is 6.60. The summed E-state index contributed by atoms with van der Waals surface area (Å²) in [4.78, 5) is 32.0. The number of carbonyl (C=O) groups excluding carboxylic acids is 2. The Bertz CT molecular complexity index is 1250. The van der Waals surface area contributed by atoms with E-state index in [1.165, 1.54) is 49.2 Å². The molecule has 3 atom stereocenters. The van der Waals surface area contributed by atoms with Crippen LogP contribution < -0.4 is 11.1 Å². The van der Waals surface area contributed by atoms with Gasteiger partial charge in [-0.25, -0.2) is 9.37 Å². The lowest BCUT2D eigenvalue weighted by Gasteiger charge is -2.60. The van der Waals surface area contributed by atoms with E-state index in [4.69, 9.17) is 5.73 Å². The van der Waals surface area contributed by atoms with Gasteiger partial charge < -0.3 is 11.1 Å². The molecule has 1 amide bonds. The van der Waals surface area contributed by atoms with E-state index in [0.717, 1.165) is 29.9 Å². The summed E-state index contributed by atoms with van der Waals surface area (Å²) < 4.78 is 14.5. The molecule has 3 saturated carbocycles. The molecule has 3 fully saturated rings. The van der Waals surface area contributed by atoms with Gasteiger partial charge in [-0.15, -0.1) is 0 Å². The van der Waals surface area contributed by atoms with Gasteiger partial charge in [-0.05, 0) is 79.2 Å². The molecule has 2 aromatic heterocycles. The van der Waals surface area contributed by atoms with Crippen molar-refractivity contribution >= 4 is 17.5 Å². The Morgan fingerprint density at radius 2 is 2.03 bits per heavy atom. The fourth-order valence-corrected chi connectivity index (χ4v) is 5.51. The minimum absolute atomic E-state index is 0.0690. The quantitative estimate of drug-likeness (QED) is 0.538. The van der Waals surface area contributed by atoms with E-state index in [-0.39, 0.29) is 35.3 Å². The van der Waals surface area contributed by atoms with E-state index in [1.807, 2.05) is 0 Å². The third-order valence-electron chi connectivity index (χ3n) is 7.82. The van der Waals surface area contributed by atoms with E-state index in [2.05, 4.69) is 34.2 Å². The van der Waals surface area contributed by atoms with Crippen LogP contribution in [0.25, 0.3) is 5.78 Å². The van der Waals surface area contributed by atoms with Crippen molar-refractivity contribution in [2.75, 3.05) is 6.54 Å². The maximum absolute atomic E-state index is 13.3. The average molecular weight is 481 g/mol. The van der Waals surface area contributed by atoms with Crippen molar-refractivity contribution in [3.8, 4) is 0 Å². The standard InChI is InChI=1S/C16H14FN5O2.C10H19N/c1-9-5-11(3-4-12(9)17)7-18-15(24)13-6-14(10(2)23)22-16(21-13)19-8-20-22;1-10(2)8-4-3-7(6-11)9(10)5-8/h3-6,8H,7H2,1-2H3,(H,18,24);7-9H,3-6,11H2,1-2H3/t;7-,8-,9-/m.0/s1. The van der Waals surface area contributed by atoms with Crippen molar-refractivity contribution < 1.29 is 14.0 Å². The summed E-state index contributed by atoms with van der Waals surface area (Å²) in [7, 11) is 0. The molecule has 1 aromatic carbocycles. The second-order valence-corrected chi connectivity index (χ2v) is 10.3. The number of aromatic nitrogens is 4. The number of nitrogens with two attached hydrogens (primary N) is 1. The second kappa shape index (κ2) is 9.81. The fourth-order valence-electron chi connectivity index (χ4n) is 5.51. The largest absolute Gasteiger partial charge is 0.347 e. The van der Waals surface area contributed by atoms with Crippen molar-refractivity contribution in [3.63, 3.8) is 0 Å². The minimum Gasteiger partial charge on any atom is -0.347 e. The lowest BCUT2D eigenvalue weighted by atomic mass is 9.45. The van der Waals surface area contributed by atoms with Crippen LogP contribution in [0.5, 0.6) is 0 Å². The lowest BCUT2D eigenvalue weighted by molar-refractivity contribution is -0.101. The van der Waals surface area contributed by atoms with Crippen LogP contribution in [0.2, 0.25) is 0 Å². The molecule has 35 heavy (non-hydrogen) atoms. The molecule has 2 bridgehead atoms. The number of hydrogen-bond donors (Lipinski definition) is 2. The highest BCUT2D eigenvalue weighted by atomic mass is 19.1. The Balaban J connectivity index is 0.000000218. The lowest BCUT2D eigenvalue weighted by Crippen LogP contribution is -2.53. The summed E-state index contributed by atoms with van der Waals surface area (Å²) in [6.45, 7) is 9.01. The van der Waals surface area contributed by atoms with Gasteiger partial charge in [0.15, 0.2) is 5.78 Å². The molecule has 6 rings (SSSR count). The Morgan fingerprint density at radius 1 is 1.26 bits per heavy atom. The van der Waals surface area contributed by atoms with Gasteiger partial charge in [0.1, 0.15) is 23.5 Å². The first-order chi connectivity index (χ1) is 16.6. The number of halogens is 1. The predicted octanol–water partition coefficient (Wildman–Crippen LogP) is 3.72. The third kappa shape index (κ3) is 4.96. The second-order valence-electron chi connectivity index (χ2n) is 10.3. The highest BCUT2D eigenvalue weighted by molar-refractivity contribution is 5.98. The van der Waals surface area contributed by atoms with Crippen LogP contribution >= 0.6 is 0 Å². The van der Waals surface area contributed by atoms with Gasteiger partial charge in [-0.3, -0.25) is 9.59 Å². The van der Waals surface area contributed by atoms with E-state index in [9.17, 15) is 14.0 Å². The molecule has 2 heterocycles. The van der Waals surface area contributed by atoms with Crippen molar-refractivity contribution in [3.05, 3.63) is 58.9 Å². The van der Waals surface area contributed by atoms with Crippen molar-refractivity contribution in [1.82, 2.24) is 24.9 Å². The van der Waals surface area contributed by atoms with Crippen molar-refractivity contribution in [1.29, 1.82) is 0 Å². The Kier molecular flexibility index (Phi) is 6.98. The van der Waals surface area contributed by atoms with Gasteiger partial charge in [0, 0.05) is 13.5 Å². The minimum atomic E-state index is -0.454. The van der Waals surface area contributed by atoms with E-state index < -0.39 is 5.91 Å². The zero-order valence-corrected chi connectivity index (χ0v) is 20.7.